The van der Waals surface area contributed by atoms with Crippen molar-refractivity contribution in [3.8, 4) is 5.69 Å². The minimum Gasteiger partial charge on any atom is -0.395 e. The van der Waals surface area contributed by atoms with E-state index in [1.54, 1.807) is 12.1 Å². The number of aliphatic hydroxyl groups excluding tert-OH is 1. The molecule has 2 aromatic rings. The Balaban J connectivity index is 1.93. The molecule has 0 fully saturated rings. The first-order valence-electron chi connectivity index (χ1n) is 7.77. The molecule has 0 saturated carbocycles. The van der Waals surface area contributed by atoms with Gasteiger partial charge in [0.05, 0.1) is 18.0 Å². The Hall–Kier alpha value is -1.72. The van der Waals surface area contributed by atoms with Gasteiger partial charge in [-0.25, -0.2) is 9.07 Å². The third-order valence-corrected chi connectivity index (χ3v) is 4.50. The van der Waals surface area contributed by atoms with E-state index in [9.17, 15) is 9.50 Å². The average molecular weight is 303 g/mol. The number of halogens is 1. The van der Waals surface area contributed by atoms with Crippen LogP contribution in [0.4, 0.5) is 4.39 Å². The monoisotopic (exact) mass is 303 g/mol. The van der Waals surface area contributed by atoms with Gasteiger partial charge >= 0.3 is 0 Å². The second-order valence-electron chi connectivity index (χ2n) is 6.06. The number of hydrogen-bond donors (Lipinski definition) is 1. The van der Waals surface area contributed by atoms with Gasteiger partial charge in [-0.3, -0.25) is 4.90 Å². The number of nitrogens with zero attached hydrogens (tertiary/aromatic N) is 3. The second kappa shape index (κ2) is 6.18. The maximum atomic E-state index is 13.1. The molecule has 118 valence electrons. The lowest BCUT2D eigenvalue weighted by Crippen LogP contribution is -2.31. The summed E-state index contributed by atoms with van der Waals surface area (Å²) in [7, 11) is 2.00. The smallest absolute Gasteiger partial charge is 0.123 e. The molecular weight excluding hydrogens is 281 g/mol. The quantitative estimate of drug-likeness (QED) is 0.921. The second-order valence-corrected chi connectivity index (χ2v) is 6.06. The van der Waals surface area contributed by atoms with E-state index in [2.05, 4.69) is 4.90 Å². The van der Waals surface area contributed by atoms with Crippen LogP contribution in [0, 0.1) is 5.82 Å². The summed E-state index contributed by atoms with van der Waals surface area (Å²) in [6.45, 7) is 2.85. The van der Waals surface area contributed by atoms with Crippen molar-refractivity contribution in [2.45, 2.75) is 38.8 Å². The Bertz CT molecular complexity index is 651. The molecule has 3 rings (SSSR count). The van der Waals surface area contributed by atoms with Crippen molar-refractivity contribution < 1.29 is 9.50 Å². The normalized spacial score (nSPS) is 15.3. The fraction of sp³-hybridized carbons (Fsp3) is 0.471. The van der Waals surface area contributed by atoms with Crippen molar-refractivity contribution in [2.75, 3.05) is 13.7 Å². The van der Waals surface area contributed by atoms with Crippen LogP contribution in [0.1, 0.15) is 30.3 Å². The highest BCUT2D eigenvalue weighted by molar-refractivity contribution is 5.40. The van der Waals surface area contributed by atoms with E-state index in [-0.39, 0.29) is 18.5 Å². The molecule has 0 radical (unpaired) electrons. The van der Waals surface area contributed by atoms with Gasteiger partial charge < -0.3 is 5.11 Å². The first kappa shape index (κ1) is 15.2. The van der Waals surface area contributed by atoms with Gasteiger partial charge in [-0.05, 0) is 63.1 Å². The van der Waals surface area contributed by atoms with Crippen LogP contribution in [0.15, 0.2) is 24.3 Å². The summed E-state index contributed by atoms with van der Waals surface area (Å²) < 4.78 is 15.1. The van der Waals surface area contributed by atoms with Gasteiger partial charge in [0, 0.05) is 18.3 Å². The van der Waals surface area contributed by atoms with E-state index >= 15 is 0 Å². The molecule has 1 heterocycles. The molecular formula is C17H22FN3O. The maximum absolute atomic E-state index is 13.1. The number of fused-ring (bicyclic) bond motifs is 1. The van der Waals surface area contributed by atoms with Crippen LogP contribution in [0.5, 0.6) is 0 Å². The summed E-state index contributed by atoms with van der Waals surface area (Å²) >= 11 is 0. The molecule has 4 nitrogen and oxygen atoms in total. The Morgan fingerprint density at radius 1 is 1.32 bits per heavy atom. The lowest BCUT2D eigenvalue weighted by atomic mass is 10.2. The Morgan fingerprint density at radius 3 is 2.73 bits per heavy atom. The average Bonchev–Trinajstić information content (AvgIpc) is 3.11. The van der Waals surface area contributed by atoms with Crippen LogP contribution in [0.2, 0.25) is 0 Å². The molecule has 1 unspecified atom stereocenters. The highest BCUT2D eigenvalue weighted by atomic mass is 19.1. The van der Waals surface area contributed by atoms with Crippen LogP contribution in [-0.4, -0.2) is 39.5 Å². The van der Waals surface area contributed by atoms with E-state index in [1.807, 2.05) is 18.7 Å². The molecule has 1 aromatic carbocycles. The van der Waals surface area contributed by atoms with Crippen LogP contribution in [-0.2, 0) is 19.4 Å². The topological polar surface area (TPSA) is 41.3 Å². The van der Waals surface area contributed by atoms with Gasteiger partial charge in [0.2, 0.25) is 0 Å². The maximum Gasteiger partial charge on any atom is 0.123 e. The zero-order valence-electron chi connectivity index (χ0n) is 13.1. The fourth-order valence-corrected chi connectivity index (χ4v) is 2.97. The molecule has 0 saturated heterocycles. The van der Waals surface area contributed by atoms with Gasteiger partial charge in [0.25, 0.3) is 0 Å². The predicted molar refractivity (Wildman–Crippen MR) is 83.6 cm³/mol. The lowest BCUT2D eigenvalue weighted by Gasteiger charge is -2.22. The van der Waals surface area contributed by atoms with Gasteiger partial charge in [0.15, 0.2) is 0 Å². The molecule has 22 heavy (non-hydrogen) atoms. The number of hydrogen-bond acceptors (Lipinski definition) is 3. The zero-order chi connectivity index (χ0) is 15.7. The number of benzene rings is 1. The minimum absolute atomic E-state index is 0.105. The van der Waals surface area contributed by atoms with Gasteiger partial charge in [0.1, 0.15) is 5.82 Å². The van der Waals surface area contributed by atoms with E-state index in [0.29, 0.717) is 0 Å². The summed E-state index contributed by atoms with van der Waals surface area (Å²) in [5, 5.41) is 14.0. The van der Waals surface area contributed by atoms with Crippen molar-refractivity contribution in [2.24, 2.45) is 0 Å². The molecule has 0 aliphatic heterocycles. The first-order valence-corrected chi connectivity index (χ1v) is 7.77. The largest absolute Gasteiger partial charge is 0.395 e. The van der Waals surface area contributed by atoms with Crippen molar-refractivity contribution >= 4 is 0 Å². The van der Waals surface area contributed by atoms with Crippen molar-refractivity contribution in [3.05, 3.63) is 47.0 Å². The summed E-state index contributed by atoms with van der Waals surface area (Å²) in [6, 6.07) is 6.58. The first-order chi connectivity index (χ1) is 10.6. The Labute approximate surface area is 130 Å². The number of rotatable bonds is 5. The number of aliphatic hydroxyl groups is 1. The van der Waals surface area contributed by atoms with Crippen LogP contribution >= 0.6 is 0 Å². The molecule has 1 aliphatic rings. The predicted octanol–water partition coefficient (Wildman–Crippen LogP) is 2.31. The standard InChI is InChI=1S/C17H22FN3O/c1-12(11-22)20(2)10-16-15-4-3-5-17(15)21(19-16)14-8-6-13(18)7-9-14/h6-9,12,22H,3-5,10-11H2,1-2H3. The van der Waals surface area contributed by atoms with Crippen LogP contribution < -0.4 is 0 Å². The van der Waals surface area contributed by atoms with E-state index in [0.717, 1.165) is 37.2 Å². The summed E-state index contributed by atoms with van der Waals surface area (Å²) in [6.07, 6.45) is 3.20. The van der Waals surface area contributed by atoms with Crippen molar-refractivity contribution in [1.82, 2.24) is 14.7 Å². The molecule has 1 aromatic heterocycles. The van der Waals surface area contributed by atoms with Crippen molar-refractivity contribution in [1.29, 1.82) is 0 Å². The lowest BCUT2D eigenvalue weighted by molar-refractivity contribution is 0.152. The zero-order valence-corrected chi connectivity index (χ0v) is 13.1. The minimum atomic E-state index is -0.232. The van der Waals surface area contributed by atoms with Gasteiger partial charge in [-0.2, -0.15) is 5.10 Å². The molecule has 1 atom stereocenters. The summed E-state index contributed by atoms with van der Waals surface area (Å²) in [5.74, 6) is -0.232. The van der Waals surface area contributed by atoms with Crippen LogP contribution in [0.3, 0.4) is 0 Å². The summed E-state index contributed by atoms with van der Waals surface area (Å²) in [5.41, 5.74) is 4.54. The molecule has 0 bridgehead atoms. The number of aromatic nitrogens is 2. The van der Waals surface area contributed by atoms with E-state index in [1.165, 1.54) is 23.4 Å². The van der Waals surface area contributed by atoms with E-state index < -0.39 is 0 Å². The van der Waals surface area contributed by atoms with Crippen LogP contribution in [0.25, 0.3) is 5.69 Å². The van der Waals surface area contributed by atoms with Gasteiger partial charge in [-0.15, -0.1) is 0 Å². The summed E-state index contributed by atoms with van der Waals surface area (Å²) in [4.78, 5) is 2.11. The molecule has 1 N–H and O–H groups in total. The molecule has 1 aliphatic carbocycles. The third-order valence-electron chi connectivity index (χ3n) is 4.50. The number of likely N-dealkylation sites (N-methyl/N-ethyl adjacent to an activating group) is 1. The molecule has 0 amide bonds. The molecule has 5 heteroatoms. The highest BCUT2D eigenvalue weighted by Crippen LogP contribution is 2.28. The SMILES string of the molecule is CC(CO)N(C)Cc1nn(-c2ccc(F)cc2)c2c1CCC2. The fourth-order valence-electron chi connectivity index (χ4n) is 2.97. The van der Waals surface area contributed by atoms with Gasteiger partial charge in [-0.1, -0.05) is 0 Å². The van der Waals surface area contributed by atoms with Crippen molar-refractivity contribution in [3.63, 3.8) is 0 Å². The van der Waals surface area contributed by atoms with E-state index in [4.69, 9.17) is 5.10 Å². The Morgan fingerprint density at radius 2 is 2.05 bits per heavy atom. The third kappa shape index (κ3) is 2.78. The molecule has 0 spiro atoms. The highest BCUT2D eigenvalue weighted by Gasteiger charge is 2.24. The Kier molecular flexibility index (Phi) is 4.27.